The number of benzene rings is 1. The number of pyridine rings is 1. The van der Waals surface area contributed by atoms with Crippen LogP contribution < -0.4 is 10.5 Å². The van der Waals surface area contributed by atoms with Crippen LogP contribution in [0.3, 0.4) is 0 Å². The Bertz CT molecular complexity index is 1170. The van der Waals surface area contributed by atoms with Crippen LogP contribution in [-0.2, 0) is 17.7 Å². The van der Waals surface area contributed by atoms with Gasteiger partial charge in [-0.2, -0.15) is 0 Å². The lowest BCUT2D eigenvalue weighted by molar-refractivity contribution is 0.0983. The first-order valence-corrected chi connectivity index (χ1v) is 11.1. The predicted molar refractivity (Wildman–Crippen MR) is 122 cm³/mol. The highest BCUT2D eigenvalue weighted by Gasteiger charge is 2.29. The van der Waals surface area contributed by atoms with E-state index in [2.05, 4.69) is 41.6 Å². The molecular formula is C24H29N5O2. The minimum atomic E-state index is -0.0948. The number of nitrogens with zero attached hydrogens (tertiary/aromatic N) is 4. The van der Waals surface area contributed by atoms with E-state index in [0.717, 1.165) is 73.1 Å². The lowest BCUT2D eigenvalue weighted by Crippen LogP contribution is -2.45. The largest absolute Gasteiger partial charge is 0.377 e. The van der Waals surface area contributed by atoms with Crippen molar-refractivity contribution < 1.29 is 4.74 Å². The standard InChI is InChI=1S/C24H29N5O2/c1-15(2)28-9-8-19-21(13-28)26-23(27-24(19)29-10-11-31-14-16(29)3)18-4-6-20-17(12-18)5-7-22(30)25-20/h4-7,12,15-16H,8-11,13-14H2,1-3H3,(H,25,30). The van der Waals surface area contributed by atoms with Gasteiger partial charge in [-0.25, -0.2) is 9.97 Å². The van der Waals surface area contributed by atoms with Crippen LogP contribution in [0.5, 0.6) is 0 Å². The Labute approximate surface area is 182 Å². The number of morpholine rings is 1. The number of rotatable bonds is 3. The molecule has 2 aromatic heterocycles. The summed E-state index contributed by atoms with van der Waals surface area (Å²) in [6.07, 6.45) is 0.964. The third-order valence-corrected chi connectivity index (χ3v) is 6.42. The highest BCUT2D eigenvalue weighted by molar-refractivity contribution is 5.83. The van der Waals surface area contributed by atoms with Crippen LogP contribution in [0.1, 0.15) is 32.0 Å². The van der Waals surface area contributed by atoms with Crippen molar-refractivity contribution in [3.63, 3.8) is 0 Å². The topological polar surface area (TPSA) is 74.4 Å². The van der Waals surface area contributed by atoms with E-state index in [1.165, 1.54) is 5.56 Å². The molecule has 162 valence electrons. The van der Waals surface area contributed by atoms with Crippen LogP contribution in [0.2, 0.25) is 0 Å². The summed E-state index contributed by atoms with van der Waals surface area (Å²) < 4.78 is 5.68. The van der Waals surface area contributed by atoms with Crippen LogP contribution >= 0.6 is 0 Å². The summed E-state index contributed by atoms with van der Waals surface area (Å²) in [5, 5.41) is 0.975. The normalized spacial score (nSPS) is 19.7. The van der Waals surface area contributed by atoms with Gasteiger partial charge in [-0.3, -0.25) is 9.69 Å². The molecule has 1 saturated heterocycles. The Hall–Kier alpha value is -2.77. The maximum absolute atomic E-state index is 11.6. The second-order valence-electron chi connectivity index (χ2n) is 8.85. The molecule has 2 aliphatic heterocycles. The van der Waals surface area contributed by atoms with Crippen LogP contribution in [0.25, 0.3) is 22.3 Å². The number of H-pyrrole nitrogens is 1. The molecule has 0 saturated carbocycles. The number of nitrogens with one attached hydrogen (secondary N) is 1. The zero-order valence-corrected chi connectivity index (χ0v) is 18.4. The zero-order valence-electron chi connectivity index (χ0n) is 18.4. The second-order valence-corrected chi connectivity index (χ2v) is 8.85. The third-order valence-electron chi connectivity index (χ3n) is 6.42. The Morgan fingerprint density at radius 1 is 1.16 bits per heavy atom. The number of ether oxygens (including phenoxy) is 1. The number of aromatic nitrogens is 3. The first-order chi connectivity index (χ1) is 15.0. The van der Waals surface area contributed by atoms with Crippen molar-refractivity contribution in [3.05, 3.63) is 51.9 Å². The van der Waals surface area contributed by atoms with E-state index in [0.29, 0.717) is 6.04 Å². The molecule has 5 rings (SSSR count). The second kappa shape index (κ2) is 8.05. The molecule has 7 nitrogen and oxygen atoms in total. The van der Waals surface area contributed by atoms with Crippen molar-refractivity contribution >= 4 is 16.7 Å². The van der Waals surface area contributed by atoms with E-state index in [1.807, 2.05) is 18.2 Å². The Balaban J connectivity index is 1.63. The number of fused-ring (bicyclic) bond motifs is 2. The van der Waals surface area contributed by atoms with Crippen LogP contribution in [0, 0.1) is 0 Å². The molecule has 1 fully saturated rings. The van der Waals surface area contributed by atoms with Gasteiger partial charge in [-0.05, 0) is 56.8 Å². The summed E-state index contributed by atoms with van der Waals surface area (Å²) in [4.78, 5) is 29.5. The van der Waals surface area contributed by atoms with Gasteiger partial charge in [0.05, 0.1) is 24.9 Å². The Kier molecular flexibility index (Phi) is 5.24. The van der Waals surface area contributed by atoms with Gasteiger partial charge >= 0.3 is 0 Å². The van der Waals surface area contributed by atoms with Crippen LogP contribution in [-0.4, -0.2) is 58.2 Å². The average Bonchev–Trinajstić information content (AvgIpc) is 2.78. The van der Waals surface area contributed by atoms with Crippen LogP contribution in [0.4, 0.5) is 5.82 Å². The molecule has 1 N–H and O–H groups in total. The summed E-state index contributed by atoms with van der Waals surface area (Å²) in [5.74, 6) is 1.80. The minimum Gasteiger partial charge on any atom is -0.377 e. The van der Waals surface area contributed by atoms with E-state index in [4.69, 9.17) is 14.7 Å². The molecule has 1 atom stereocenters. The SMILES string of the molecule is CC(C)N1CCc2c(nc(-c3ccc4[nH]c(=O)ccc4c3)nc2N2CCOCC2C)C1. The first-order valence-electron chi connectivity index (χ1n) is 11.1. The van der Waals surface area contributed by atoms with Gasteiger partial charge in [0.25, 0.3) is 0 Å². The van der Waals surface area contributed by atoms with E-state index in [1.54, 1.807) is 6.07 Å². The molecule has 3 aromatic rings. The van der Waals surface area contributed by atoms with E-state index < -0.39 is 0 Å². The van der Waals surface area contributed by atoms with Gasteiger partial charge in [0, 0.05) is 48.4 Å². The molecule has 4 heterocycles. The van der Waals surface area contributed by atoms with E-state index in [9.17, 15) is 4.79 Å². The summed E-state index contributed by atoms with van der Waals surface area (Å²) in [7, 11) is 0. The van der Waals surface area contributed by atoms with Crippen molar-refractivity contribution in [1.29, 1.82) is 0 Å². The van der Waals surface area contributed by atoms with Crippen molar-refractivity contribution in [2.45, 2.75) is 45.8 Å². The summed E-state index contributed by atoms with van der Waals surface area (Å²) >= 11 is 0. The fraction of sp³-hybridized carbons (Fsp3) is 0.458. The molecule has 0 aliphatic carbocycles. The average molecular weight is 420 g/mol. The molecule has 0 amide bonds. The lowest BCUT2D eigenvalue weighted by atomic mass is 10.0. The molecular weight excluding hydrogens is 390 g/mol. The van der Waals surface area contributed by atoms with Crippen molar-refractivity contribution in [3.8, 4) is 11.4 Å². The van der Waals surface area contributed by atoms with E-state index in [-0.39, 0.29) is 11.6 Å². The van der Waals surface area contributed by atoms with Gasteiger partial charge in [-0.15, -0.1) is 0 Å². The highest BCUT2D eigenvalue weighted by atomic mass is 16.5. The fourth-order valence-corrected chi connectivity index (χ4v) is 4.57. The number of hydrogen-bond donors (Lipinski definition) is 1. The van der Waals surface area contributed by atoms with Gasteiger partial charge in [0.15, 0.2) is 5.82 Å². The fourth-order valence-electron chi connectivity index (χ4n) is 4.57. The van der Waals surface area contributed by atoms with Gasteiger partial charge in [-0.1, -0.05) is 0 Å². The summed E-state index contributed by atoms with van der Waals surface area (Å²) in [6, 6.07) is 10.2. The minimum absolute atomic E-state index is 0.0948. The van der Waals surface area contributed by atoms with E-state index >= 15 is 0 Å². The molecule has 0 radical (unpaired) electrons. The van der Waals surface area contributed by atoms with Crippen molar-refractivity contribution in [2.75, 3.05) is 31.2 Å². The van der Waals surface area contributed by atoms with Gasteiger partial charge in [0.1, 0.15) is 5.82 Å². The molecule has 2 aliphatic rings. The van der Waals surface area contributed by atoms with Gasteiger partial charge < -0.3 is 14.6 Å². The smallest absolute Gasteiger partial charge is 0.248 e. The maximum Gasteiger partial charge on any atom is 0.248 e. The number of anilines is 1. The molecule has 0 bridgehead atoms. The highest BCUT2D eigenvalue weighted by Crippen LogP contribution is 2.32. The third kappa shape index (κ3) is 3.83. The molecule has 0 spiro atoms. The number of aromatic amines is 1. The molecule has 1 aromatic carbocycles. The molecule has 1 unspecified atom stereocenters. The maximum atomic E-state index is 11.6. The Morgan fingerprint density at radius 2 is 2.03 bits per heavy atom. The summed E-state index contributed by atoms with van der Waals surface area (Å²) in [5.41, 5.74) is 4.09. The van der Waals surface area contributed by atoms with Crippen molar-refractivity contribution in [1.82, 2.24) is 19.9 Å². The van der Waals surface area contributed by atoms with Crippen LogP contribution in [0.15, 0.2) is 35.1 Å². The molecule has 31 heavy (non-hydrogen) atoms. The first kappa shape index (κ1) is 20.2. The zero-order chi connectivity index (χ0) is 21.5. The Morgan fingerprint density at radius 3 is 2.84 bits per heavy atom. The van der Waals surface area contributed by atoms with Gasteiger partial charge in [0.2, 0.25) is 5.56 Å². The predicted octanol–water partition coefficient (Wildman–Crippen LogP) is 2.98. The number of hydrogen-bond acceptors (Lipinski definition) is 6. The monoisotopic (exact) mass is 419 g/mol. The molecule has 7 heteroatoms. The lowest BCUT2D eigenvalue weighted by Gasteiger charge is -2.38. The summed E-state index contributed by atoms with van der Waals surface area (Å²) in [6.45, 7) is 10.8. The quantitative estimate of drug-likeness (QED) is 0.704. The van der Waals surface area contributed by atoms with Crippen molar-refractivity contribution in [2.24, 2.45) is 0 Å².